The van der Waals surface area contributed by atoms with Crippen LogP contribution >= 0.6 is 46.6 Å². The number of carboxylic acid groups (broad SMARTS) is 1. The number of rotatable bonds is 4. The predicted octanol–water partition coefficient (Wildman–Crippen LogP) is 1.71. The number of hydrogen-bond acceptors (Lipinski definition) is 4. The van der Waals surface area contributed by atoms with Crippen LogP contribution < -0.4 is 10.3 Å². The molecule has 1 amide bonds. The van der Waals surface area contributed by atoms with Crippen molar-refractivity contribution in [2.45, 2.75) is 28.2 Å². The van der Waals surface area contributed by atoms with Crippen LogP contribution in [0.25, 0.3) is 0 Å². The van der Waals surface area contributed by atoms with Gasteiger partial charge in [-0.2, -0.15) is 4.57 Å². The summed E-state index contributed by atoms with van der Waals surface area (Å²) < 4.78 is 0.283. The molecule has 134 valence electrons. The number of fused-ring (bicyclic) bond motifs is 1. The van der Waals surface area contributed by atoms with Gasteiger partial charge in [0.15, 0.2) is 22.2 Å². The quantitative estimate of drug-likeness (QED) is 0.437. The lowest BCUT2D eigenvalue weighted by atomic mass is 10.1. The Hall–Kier alpha value is -0.990. The topological polar surface area (TPSA) is 87.5 Å². The SMILES string of the molecule is N[C@@H]1C(=O)N2C=C(C[n+]3ccc(C(=O)O)cc3CC(Cl)(Cl)Cl)CS[C@@H]12. The lowest BCUT2D eigenvalue weighted by Crippen LogP contribution is -2.66. The summed E-state index contributed by atoms with van der Waals surface area (Å²) in [6.45, 7) is 0.467. The molecule has 6 nitrogen and oxygen atoms in total. The van der Waals surface area contributed by atoms with E-state index in [-0.39, 0.29) is 23.3 Å². The fourth-order valence-electron chi connectivity index (χ4n) is 2.78. The first-order chi connectivity index (χ1) is 11.7. The number of β-lactam (4-membered cyclic amide) rings is 1. The van der Waals surface area contributed by atoms with E-state index in [4.69, 9.17) is 45.6 Å². The highest BCUT2D eigenvalue weighted by atomic mass is 35.6. The molecule has 2 aliphatic heterocycles. The maximum absolute atomic E-state index is 11.8. The number of carbonyl (C=O) groups excluding carboxylic acids is 1. The van der Waals surface area contributed by atoms with Gasteiger partial charge in [0, 0.05) is 29.7 Å². The van der Waals surface area contributed by atoms with Crippen molar-refractivity contribution in [2.75, 3.05) is 5.75 Å². The molecule has 0 saturated carbocycles. The van der Waals surface area contributed by atoms with Gasteiger partial charge in [-0.1, -0.05) is 34.8 Å². The zero-order valence-corrected chi connectivity index (χ0v) is 15.9. The molecule has 1 fully saturated rings. The van der Waals surface area contributed by atoms with Crippen molar-refractivity contribution in [3.63, 3.8) is 0 Å². The monoisotopic (exact) mass is 422 g/mol. The lowest BCUT2D eigenvalue weighted by Gasteiger charge is -2.45. The number of carbonyl (C=O) groups is 2. The third kappa shape index (κ3) is 4.06. The summed E-state index contributed by atoms with van der Waals surface area (Å²) >= 11 is 19.3. The molecule has 1 aromatic heterocycles. The molecule has 2 aliphatic rings. The van der Waals surface area contributed by atoms with Crippen LogP contribution in [0.4, 0.5) is 0 Å². The summed E-state index contributed by atoms with van der Waals surface area (Å²) in [5.41, 5.74) is 7.47. The Kier molecular flexibility index (Phi) is 5.23. The number of amides is 1. The molecule has 0 spiro atoms. The van der Waals surface area contributed by atoms with Crippen LogP contribution in [0, 0.1) is 0 Å². The van der Waals surface area contributed by atoms with Crippen LogP contribution in [0.3, 0.4) is 0 Å². The number of halogens is 3. The zero-order chi connectivity index (χ0) is 18.4. The number of hydrogen-bond donors (Lipinski definition) is 2. The van der Waals surface area contributed by atoms with Crippen molar-refractivity contribution in [1.29, 1.82) is 0 Å². The van der Waals surface area contributed by atoms with Crippen molar-refractivity contribution >= 4 is 58.4 Å². The van der Waals surface area contributed by atoms with Gasteiger partial charge in [-0.05, 0) is 0 Å². The highest BCUT2D eigenvalue weighted by molar-refractivity contribution is 8.00. The number of aromatic nitrogens is 1. The van der Waals surface area contributed by atoms with Crippen molar-refractivity contribution in [3.05, 3.63) is 41.4 Å². The fourth-order valence-corrected chi connectivity index (χ4v) is 4.40. The molecule has 10 heteroatoms. The Morgan fingerprint density at radius 3 is 2.84 bits per heavy atom. The summed E-state index contributed by atoms with van der Waals surface area (Å²) in [7, 11) is 0. The van der Waals surface area contributed by atoms with E-state index in [1.54, 1.807) is 22.9 Å². The standard InChI is InChI=1S/C15H14Cl3N3O3S/c16-15(17,18)4-10-3-9(14(23)24)1-2-20(10)5-8-6-21-12(22)11(19)13(21)25-7-8/h1-3,6,11,13H,4-5,7,19H2/p+1/t11-,13+/m1/s1. The van der Waals surface area contributed by atoms with Gasteiger partial charge in [0.2, 0.25) is 5.91 Å². The minimum Gasteiger partial charge on any atom is -0.478 e. The number of carboxylic acids is 1. The second-order valence-corrected chi connectivity index (χ2v) is 9.51. The maximum atomic E-state index is 11.8. The molecular weight excluding hydrogens is 409 g/mol. The van der Waals surface area contributed by atoms with Crippen LogP contribution in [-0.4, -0.2) is 42.8 Å². The molecule has 0 bridgehead atoms. The van der Waals surface area contributed by atoms with E-state index in [0.29, 0.717) is 12.2 Å². The number of alkyl halides is 3. The predicted molar refractivity (Wildman–Crippen MR) is 96.7 cm³/mol. The van der Waals surface area contributed by atoms with Gasteiger partial charge in [-0.15, -0.1) is 11.8 Å². The number of nitrogens with two attached hydrogens (primary N) is 1. The Bertz CT molecular complexity index is 766. The van der Waals surface area contributed by atoms with Gasteiger partial charge >= 0.3 is 5.97 Å². The molecule has 25 heavy (non-hydrogen) atoms. The maximum Gasteiger partial charge on any atom is 0.336 e. The van der Waals surface area contributed by atoms with Crippen LogP contribution in [0.15, 0.2) is 30.1 Å². The molecule has 1 saturated heterocycles. The average Bonchev–Trinajstić information content (AvgIpc) is 2.54. The highest BCUT2D eigenvalue weighted by Gasteiger charge is 2.46. The Morgan fingerprint density at radius 1 is 1.48 bits per heavy atom. The summed E-state index contributed by atoms with van der Waals surface area (Å²) in [6, 6.07) is 2.55. The molecule has 2 atom stereocenters. The fraction of sp³-hybridized carbons (Fsp3) is 0.400. The smallest absolute Gasteiger partial charge is 0.336 e. The Morgan fingerprint density at radius 2 is 2.20 bits per heavy atom. The first-order valence-corrected chi connectivity index (χ1v) is 9.55. The summed E-state index contributed by atoms with van der Waals surface area (Å²) in [5, 5.41) is 9.16. The molecule has 0 aliphatic carbocycles. The highest BCUT2D eigenvalue weighted by Crippen LogP contribution is 2.35. The molecular formula is C15H15Cl3N3O3S+. The van der Waals surface area contributed by atoms with Gasteiger partial charge in [-0.3, -0.25) is 4.79 Å². The first kappa shape index (κ1) is 18.8. The number of pyridine rings is 1. The van der Waals surface area contributed by atoms with Crippen molar-refractivity contribution in [3.8, 4) is 0 Å². The number of thioether (sulfide) groups is 1. The molecule has 1 aromatic rings. The van der Waals surface area contributed by atoms with E-state index >= 15 is 0 Å². The van der Waals surface area contributed by atoms with Gasteiger partial charge < -0.3 is 15.7 Å². The van der Waals surface area contributed by atoms with E-state index in [1.807, 2.05) is 10.8 Å². The van der Waals surface area contributed by atoms with E-state index in [9.17, 15) is 9.59 Å². The molecule has 3 heterocycles. The van der Waals surface area contributed by atoms with Gasteiger partial charge in [0.25, 0.3) is 0 Å². The second-order valence-electron chi connectivity index (χ2n) is 5.89. The average molecular weight is 424 g/mol. The van der Waals surface area contributed by atoms with Crippen LogP contribution in [0.5, 0.6) is 0 Å². The molecule has 3 N–H and O–H groups in total. The third-order valence-corrected chi connectivity index (χ3v) is 5.81. The minimum absolute atomic E-state index is 0.00344. The summed E-state index contributed by atoms with van der Waals surface area (Å²) in [5.74, 6) is -0.418. The number of nitrogens with zero attached hydrogens (tertiary/aromatic N) is 2. The van der Waals surface area contributed by atoms with Crippen molar-refractivity contribution < 1.29 is 19.3 Å². The number of aromatic carboxylic acids is 1. The third-order valence-electron chi connectivity index (χ3n) is 4.01. The molecule has 3 rings (SSSR count). The second kappa shape index (κ2) is 6.96. The summed E-state index contributed by atoms with van der Waals surface area (Å²) in [6.07, 6.45) is 3.52. The van der Waals surface area contributed by atoms with E-state index in [2.05, 4.69) is 0 Å². The minimum atomic E-state index is -1.54. The first-order valence-electron chi connectivity index (χ1n) is 7.37. The zero-order valence-electron chi connectivity index (χ0n) is 12.9. The lowest BCUT2D eigenvalue weighted by molar-refractivity contribution is -0.696. The van der Waals surface area contributed by atoms with Gasteiger partial charge in [0.05, 0.1) is 12.0 Å². The van der Waals surface area contributed by atoms with Crippen LogP contribution in [-0.2, 0) is 17.8 Å². The van der Waals surface area contributed by atoms with Crippen molar-refractivity contribution in [1.82, 2.24) is 4.90 Å². The molecule has 0 aromatic carbocycles. The van der Waals surface area contributed by atoms with E-state index in [0.717, 1.165) is 11.3 Å². The van der Waals surface area contributed by atoms with E-state index in [1.165, 1.54) is 12.1 Å². The Labute approximate surface area is 163 Å². The molecule has 0 radical (unpaired) electrons. The van der Waals surface area contributed by atoms with Gasteiger partial charge in [0.1, 0.15) is 11.4 Å². The van der Waals surface area contributed by atoms with Crippen LogP contribution in [0.1, 0.15) is 16.1 Å². The van der Waals surface area contributed by atoms with Crippen LogP contribution in [0.2, 0.25) is 0 Å². The normalized spacial score (nSPS) is 23.0. The van der Waals surface area contributed by atoms with Crippen molar-refractivity contribution in [2.24, 2.45) is 5.73 Å². The summed E-state index contributed by atoms with van der Waals surface area (Å²) in [4.78, 5) is 24.6. The largest absolute Gasteiger partial charge is 0.478 e. The van der Waals surface area contributed by atoms with Gasteiger partial charge in [-0.25, -0.2) is 4.79 Å². The Balaban J connectivity index is 1.85. The van der Waals surface area contributed by atoms with E-state index < -0.39 is 15.8 Å². The molecule has 0 unspecified atom stereocenters.